The van der Waals surface area contributed by atoms with Gasteiger partial charge in [0.2, 0.25) is 5.75 Å². The Morgan fingerprint density at radius 1 is 0.967 bits per heavy atom. The van der Waals surface area contributed by atoms with Crippen molar-refractivity contribution in [1.82, 2.24) is 5.32 Å². The first-order chi connectivity index (χ1) is 14.3. The number of carbonyl (C=O) groups is 1. The van der Waals surface area contributed by atoms with E-state index >= 15 is 0 Å². The van der Waals surface area contributed by atoms with Gasteiger partial charge in [-0.05, 0) is 82.3 Å². The van der Waals surface area contributed by atoms with Crippen LogP contribution >= 0.6 is 0 Å². The fraction of sp³-hybridized carbons (Fsp3) is 0.708. The minimum absolute atomic E-state index is 0.0311. The predicted octanol–water partition coefficient (Wildman–Crippen LogP) is 4.21. The SMILES string of the molecule is COc1cc(C(=O)NC(C)(C)COC23CC4CC(CC(C4)C2)C3)cc(OC)c1OC. The average Bonchev–Trinajstić information content (AvgIpc) is 2.70. The van der Waals surface area contributed by atoms with E-state index in [-0.39, 0.29) is 11.5 Å². The Bertz CT molecular complexity index is 742. The van der Waals surface area contributed by atoms with Crippen molar-refractivity contribution >= 4 is 5.91 Å². The lowest BCUT2D eigenvalue weighted by atomic mass is 9.54. The maximum Gasteiger partial charge on any atom is 0.252 e. The minimum atomic E-state index is -0.485. The van der Waals surface area contributed by atoms with E-state index in [0.717, 1.165) is 17.8 Å². The third-order valence-electron chi connectivity index (χ3n) is 7.10. The summed E-state index contributed by atoms with van der Waals surface area (Å²) in [4.78, 5) is 13.0. The highest BCUT2D eigenvalue weighted by Gasteiger charge is 2.52. The number of benzene rings is 1. The summed E-state index contributed by atoms with van der Waals surface area (Å²) in [5, 5.41) is 3.13. The van der Waals surface area contributed by atoms with Crippen molar-refractivity contribution in [3.05, 3.63) is 17.7 Å². The highest BCUT2D eigenvalue weighted by molar-refractivity contribution is 5.96. The average molecular weight is 418 g/mol. The number of amides is 1. The number of nitrogens with one attached hydrogen (secondary N) is 1. The second-order valence-corrected chi connectivity index (χ2v) is 10.1. The summed E-state index contributed by atoms with van der Waals surface area (Å²) in [6, 6.07) is 3.35. The molecule has 6 heteroatoms. The van der Waals surface area contributed by atoms with Gasteiger partial charge in [0.05, 0.1) is 39.1 Å². The Labute approximate surface area is 179 Å². The van der Waals surface area contributed by atoms with Gasteiger partial charge in [0, 0.05) is 5.56 Å². The van der Waals surface area contributed by atoms with Crippen LogP contribution < -0.4 is 19.5 Å². The maximum absolute atomic E-state index is 13.0. The molecule has 0 atom stereocenters. The van der Waals surface area contributed by atoms with Crippen molar-refractivity contribution in [2.75, 3.05) is 27.9 Å². The third-order valence-corrected chi connectivity index (χ3v) is 7.10. The molecule has 6 nitrogen and oxygen atoms in total. The Balaban J connectivity index is 1.43. The van der Waals surface area contributed by atoms with Gasteiger partial charge in [-0.2, -0.15) is 0 Å². The Morgan fingerprint density at radius 3 is 1.90 bits per heavy atom. The van der Waals surface area contributed by atoms with E-state index in [9.17, 15) is 4.79 Å². The fourth-order valence-corrected chi connectivity index (χ4v) is 6.17. The first-order valence-electron chi connectivity index (χ1n) is 11.0. The molecule has 4 aliphatic rings. The molecule has 4 fully saturated rings. The molecule has 166 valence electrons. The topological polar surface area (TPSA) is 66.0 Å². The van der Waals surface area contributed by atoms with Crippen LogP contribution in [0, 0.1) is 17.8 Å². The van der Waals surface area contributed by atoms with Gasteiger partial charge in [-0.15, -0.1) is 0 Å². The molecule has 1 amide bonds. The van der Waals surface area contributed by atoms with E-state index in [1.165, 1.54) is 38.5 Å². The molecule has 0 radical (unpaired) electrons. The van der Waals surface area contributed by atoms with Crippen LogP contribution in [0.1, 0.15) is 62.7 Å². The Hall–Kier alpha value is -1.95. The quantitative estimate of drug-likeness (QED) is 0.686. The summed E-state index contributed by atoms with van der Waals surface area (Å²) in [5.41, 5.74) is 0.0109. The Morgan fingerprint density at radius 2 is 1.47 bits per heavy atom. The van der Waals surface area contributed by atoms with Crippen molar-refractivity contribution in [2.24, 2.45) is 17.8 Å². The first kappa shape index (κ1) is 21.3. The van der Waals surface area contributed by atoms with Gasteiger partial charge in [0.1, 0.15) is 0 Å². The molecule has 5 rings (SSSR count). The van der Waals surface area contributed by atoms with E-state index in [1.54, 1.807) is 33.5 Å². The smallest absolute Gasteiger partial charge is 0.252 e. The molecule has 0 unspecified atom stereocenters. The van der Waals surface area contributed by atoms with Crippen molar-refractivity contribution < 1.29 is 23.7 Å². The minimum Gasteiger partial charge on any atom is -0.493 e. The van der Waals surface area contributed by atoms with Crippen LogP contribution in [0.5, 0.6) is 17.2 Å². The molecular weight excluding hydrogens is 382 g/mol. The lowest BCUT2D eigenvalue weighted by molar-refractivity contribution is -0.170. The van der Waals surface area contributed by atoms with Gasteiger partial charge in [-0.3, -0.25) is 4.79 Å². The van der Waals surface area contributed by atoms with Crippen LogP contribution in [-0.4, -0.2) is 45.0 Å². The van der Waals surface area contributed by atoms with Crippen LogP contribution in [0.15, 0.2) is 12.1 Å². The summed E-state index contributed by atoms with van der Waals surface area (Å²) in [5.74, 6) is 3.73. The summed E-state index contributed by atoms with van der Waals surface area (Å²) >= 11 is 0. The molecule has 0 aliphatic heterocycles. The second kappa shape index (κ2) is 7.95. The Kier molecular flexibility index (Phi) is 5.64. The lowest BCUT2D eigenvalue weighted by Crippen LogP contribution is -2.55. The highest BCUT2D eigenvalue weighted by Crippen LogP contribution is 2.57. The van der Waals surface area contributed by atoms with Gasteiger partial charge in [0.25, 0.3) is 5.91 Å². The van der Waals surface area contributed by atoms with Crippen molar-refractivity contribution in [3.8, 4) is 17.2 Å². The van der Waals surface area contributed by atoms with Crippen LogP contribution in [0.2, 0.25) is 0 Å². The molecule has 0 saturated heterocycles. The van der Waals surface area contributed by atoms with Crippen LogP contribution in [0.25, 0.3) is 0 Å². The van der Waals surface area contributed by atoms with Crippen molar-refractivity contribution in [1.29, 1.82) is 0 Å². The number of hydrogen-bond acceptors (Lipinski definition) is 5. The fourth-order valence-electron chi connectivity index (χ4n) is 6.17. The standard InChI is InChI=1S/C24H35NO5/c1-23(2,14-30-24-11-15-6-16(12-24)8-17(7-15)13-24)25-22(26)18-9-19(27-3)21(29-5)20(10-18)28-4/h9-10,15-17H,6-8,11-14H2,1-5H3,(H,25,26). The number of rotatable bonds is 8. The monoisotopic (exact) mass is 417 g/mol. The number of ether oxygens (including phenoxy) is 4. The predicted molar refractivity (Wildman–Crippen MR) is 114 cm³/mol. The van der Waals surface area contributed by atoms with Crippen molar-refractivity contribution in [2.45, 2.75) is 63.5 Å². The van der Waals surface area contributed by atoms with Gasteiger partial charge in [-0.25, -0.2) is 0 Å². The van der Waals surface area contributed by atoms with Crippen LogP contribution in [0.4, 0.5) is 0 Å². The van der Waals surface area contributed by atoms with Gasteiger partial charge < -0.3 is 24.3 Å². The van der Waals surface area contributed by atoms with E-state index in [2.05, 4.69) is 5.32 Å². The number of carbonyl (C=O) groups excluding carboxylic acids is 1. The van der Waals surface area contributed by atoms with E-state index in [0.29, 0.717) is 29.4 Å². The second-order valence-electron chi connectivity index (χ2n) is 10.1. The van der Waals surface area contributed by atoms with Crippen molar-refractivity contribution in [3.63, 3.8) is 0 Å². The molecule has 0 heterocycles. The molecule has 4 saturated carbocycles. The van der Waals surface area contributed by atoms with Crippen LogP contribution in [0.3, 0.4) is 0 Å². The van der Waals surface area contributed by atoms with Crippen LogP contribution in [-0.2, 0) is 4.74 Å². The third kappa shape index (κ3) is 4.11. The van der Waals surface area contributed by atoms with E-state index < -0.39 is 5.54 Å². The van der Waals surface area contributed by atoms with Gasteiger partial charge in [0.15, 0.2) is 11.5 Å². The highest BCUT2D eigenvalue weighted by atomic mass is 16.5. The van der Waals surface area contributed by atoms with Gasteiger partial charge in [-0.1, -0.05) is 0 Å². The van der Waals surface area contributed by atoms with Gasteiger partial charge >= 0.3 is 0 Å². The molecule has 30 heavy (non-hydrogen) atoms. The summed E-state index contributed by atoms with van der Waals surface area (Å²) in [6.45, 7) is 4.54. The summed E-state index contributed by atoms with van der Waals surface area (Å²) in [6.07, 6.45) is 7.75. The summed E-state index contributed by atoms with van der Waals surface area (Å²) in [7, 11) is 4.63. The number of hydrogen-bond donors (Lipinski definition) is 1. The first-order valence-corrected chi connectivity index (χ1v) is 11.0. The summed E-state index contributed by atoms with van der Waals surface area (Å²) < 4.78 is 22.7. The molecule has 0 spiro atoms. The molecule has 0 aromatic heterocycles. The molecule has 1 aromatic carbocycles. The van der Waals surface area contributed by atoms with E-state index in [4.69, 9.17) is 18.9 Å². The molecular formula is C24H35NO5. The zero-order valence-electron chi connectivity index (χ0n) is 18.9. The largest absolute Gasteiger partial charge is 0.493 e. The lowest BCUT2D eigenvalue weighted by Gasteiger charge is -2.56. The maximum atomic E-state index is 13.0. The molecule has 1 aromatic rings. The molecule has 1 N–H and O–H groups in total. The van der Waals surface area contributed by atoms with E-state index in [1.807, 2.05) is 13.8 Å². The zero-order chi connectivity index (χ0) is 21.5. The number of methoxy groups -OCH3 is 3. The zero-order valence-corrected chi connectivity index (χ0v) is 18.9. The normalized spacial score (nSPS) is 29.6. The molecule has 4 bridgehead atoms. The molecule has 4 aliphatic carbocycles.